The Labute approximate surface area is 294 Å². The Bertz CT molecular complexity index is 2260. The minimum absolute atomic E-state index is 0.304. The first kappa shape index (κ1) is 24.9. The number of hydrogen-bond donors (Lipinski definition) is 0. The molecule has 4 aromatic carbocycles. The monoisotopic (exact) mass is 680 g/mol. The lowest BCUT2D eigenvalue weighted by atomic mass is 10.00. The fraction of sp³-hybridized carbons (Fsp3) is 0.364. The highest BCUT2D eigenvalue weighted by Crippen LogP contribution is 3.08. The molecule has 1 aliphatic heterocycles. The van der Waals surface area contributed by atoms with E-state index < -0.39 is 44.1 Å². The van der Waals surface area contributed by atoms with Gasteiger partial charge in [-0.05, 0) is 44.5 Å². The van der Waals surface area contributed by atoms with Crippen LogP contribution in [0.15, 0.2) is 97.1 Å². The molecule has 0 amide bonds. The summed E-state index contributed by atoms with van der Waals surface area (Å²) in [5.74, 6) is -3.93. The molecular formula is C44H24O8. The number of carbonyl (C=O) groups excluding carboxylic acids is 4. The maximum absolute atomic E-state index is 14.9. The van der Waals surface area contributed by atoms with Crippen LogP contribution in [0.5, 0.6) is 0 Å². The van der Waals surface area contributed by atoms with Crippen LogP contribution in [-0.2, 0) is 38.1 Å². The van der Waals surface area contributed by atoms with E-state index in [1.165, 1.54) is 0 Å². The van der Waals surface area contributed by atoms with Crippen molar-refractivity contribution in [3.05, 3.63) is 142 Å². The van der Waals surface area contributed by atoms with Gasteiger partial charge in [-0.2, -0.15) is 0 Å². The highest BCUT2D eigenvalue weighted by molar-refractivity contribution is 6.10. The molecule has 1 saturated heterocycles. The van der Waals surface area contributed by atoms with Crippen molar-refractivity contribution in [2.75, 3.05) is 0 Å². The first-order valence-corrected chi connectivity index (χ1v) is 18.7. The van der Waals surface area contributed by atoms with E-state index >= 15 is 0 Å². The summed E-state index contributed by atoms with van der Waals surface area (Å²) in [6.45, 7) is 0. The molecule has 9 fully saturated rings. The second-order valence-electron chi connectivity index (χ2n) is 18.2. The molecule has 8 atom stereocenters. The van der Waals surface area contributed by atoms with Gasteiger partial charge in [0.05, 0.1) is 0 Å². The van der Waals surface area contributed by atoms with Crippen LogP contribution in [0, 0.1) is 21.7 Å². The molecule has 16 aliphatic carbocycles. The predicted octanol–water partition coefficient (Wildman–Crippen LogP) is 4.71. The van der Waals surface area contributed by atoms with E-state index in [0.29, 0.717) is 0 Å². The number of ether oxygens (including phenoxy) is 4. The van der Waals surface area contributed by atoms with Crippen LogP contribution in [0.3, 0.4) is 0 Å². The van der Waals surface area contributed by atoms with Crippen molar-refractivity contribution in [2.24, 2.45) is 21.7 Å². The van der Waals surface area contributed by atoms with E-state index in [-0.39, 0.29) is 71.2 Å². The number of hydrogen-bond acceptors (Lipinski definition) is 8. The minimum atomic E-state index is -1.03. The van der Waals surface area contributed by atoms with Gasteiger partial charge in [0.25, 0.3) is 0 Å². The molecule has 8 heteroatoms. The lowest BCUT2D eigenvalue weighted by Gasteiger charge is -2.15. The number of carbonyl (C=O) groups is 4. The molecule has 248 valence electrons. The molecule has 0 N–H and O–H groups in total. The summed E-state index contributed by atoms with van der Waals surface area (Å²) in [4.78, 5) is 59.6. The first-order valence-electron chi connectivity index (χ1n) is 18.7. The summed E-state index contributed by atoms with van der Waals surface area (Å²) in [7, 11) is 0. The van der Waals surface area contributed by atoms with Crippen LogP contribution >= 0.6 is 0 Å². The largest absolute Gasteiger partial charge is 0.456 e. The summed E-state index contributed by atoms with van der Waals surface area (Å²) in [6.07, 6.45) is 0. The molecule has 21 rings (SSSR count). The Kier molecular flexibility index (Phi) is 2.91. The second kappa shape index (κ2) is 6.08. The molecular weight excluding hydrogens is 656 g/mol. The van der Waals surface area contributed by atoms with Crippen LogP contribution in [0.25, 0.3) is 0 Å². The van der Waals surface area contributed by atoms with Gasteiger partial charge in [0.2, 0.25) is 0 Å². The summed E-state index contributed by atoms with van der Waals surface area (Å²) >= 11 is 0. The van der Waals surface area contributed by atoms with Gasteiger partial charge in [-0.25, -0.2) is 0 Å². The van der Waals surface area contributed by atoms with Crippen molar-refractivity contribution < 1.29 is 38.1 Å². The standard InChI is InChI=1S/C44H24O8/c45-33-37-25-17-9-1-2-10-18(17)26(37)41(25,37)49-34(46)38-27-19-11-3-4-12-20(19)28(38)43(27,38)51-36(48)40-31-23-15-7-8-16-24(23)32(40)44(31,40)52-35(47)39-29-21-13-5-6-14-22(21)30(39)42(29,39)50-33/h1-16,25-32H. The number of rotatable bonds is 0. The van der Waals surface area contributed by atoms with Crippen molar-refractivity contribution in [1.82, 2.24) is 0 Å². The van der Waals surface area contributed by atoms with Crippen LogP contribution in [0.4, 0.5) is 0 Å². The number of benzene rings is 4. The Morgan fingerprint density at radius 2 is 0.442 bits per heavy atom. The average Bonchev–Trinajstić information content (AvgIpc) is 4.12. The van der Waals surface area contributed by atoms with Crippen LogP contribution < -0.4 is 0 Å². The van der Waals surface area contributed by atoms with Gasteiger partial charge in [-0.15, -0.1) is 0 Å². The van der Waals surface area contributed by atoms with E-state index in [1.54, 1.807) is 0 Å². The lowest BCUT2D eigenvalue weighted by Crippen LogP contribution is -2.22. The SMILES string of the molecule is O=C1OC23C4c5ccccc5C2C43C(=O)OC23C4c5ccccc5C2C43C(=O)OC23C4c5ccccc5C2C43C(=O)OC23C4c5ccccc5C2C143. The summed E-state index contributed by atoms with van der Waals surface area (Å²) in [5, 5.41) is 0. The van der Waals surface area contributed by atoms with Gasteiger partial charge < -0.3 is 18.9 Å². The maximum atomic E-state index is 14.9. The third-order valence-corrected chi connectivity index (χ3v) is 17.9. The van der Waals surface area contributed by atoms with E-state index in [1.807, 2.05) is 97.1 Å². The Hall–Kier alpha value is -5.24. The summed E-state index contributed by atoms with van der Waals surface area (Å²) < 4.78 is 27.0. The van der Waals surface area contributed by atoms with Crippen molar-refractivity contribution in [1.29, 1.82) is 0 Å². The molecule has 0 aromatic heterocycles. The summed E-state index contributed by atoms with van der Waals surface area (Å²) in [5.41, 5.74) is 0.0308. The fourth-order valence-electron chi connectivity index (χ4n) is 16.2. The van der Waals surface area contributed by atoms with E-state index in [9.17, 15) is 19.2 Å². The van der Waals surface area contributed by atoms with Crippen molar-refractivity contribution >= 4 is 23.9 Å². The topological polar surface area (TPSA) is 105 Å². The molecule has 8 spiro atoms. The van der Waals surface area contributed by atoms with Crippen molar-refractivity contribution in [3.8, 4) is 0 Å². The zero-order valence-corrected chi connectivity index (χ0v) is 27.1. The van der Waals surface area contributed by atoms with Crippen molar-refractivity contribution in [2.45, 2.75) is 69.7 Å². The normalized spacial score (nSPS) is 55.5. The lowest BCUT2D eigenvalue weighted by molar-refractivity contribution is -0.156. The van der Waals surface area contributed by atoms with Gasteiger partial charge in [-0.3, -0.25) is 19.2 Å². The Balaban J connectivity index is 0.853. The molecule has 8 saturated carbocycles. The predicted molar refractivity (Wildman–Crippen MR) is 173 cm³/mol. The zero-order valence-electron chi connectivity index (χ0n) is 27.1. The fourth-order valence-corrected chi connectivity index (χ4v) is 16.2. The highest BCUT2D eigenvalue weighted by atomic mass is 16.6. The summed E-state index contributed by atoms with van der Waals surface area (Å²) in [6, 6.07) is 31.9. The van der Waals surface area contributed by atoms with Gasteiger partial charge >= 0.3 is 23.9 Å². The molecule has 0 radical (unpaired) electrons. The first-order chi connectivity index (χ1) is 25.4. The quantitative estimate of drug-likeness (QED) is 0.195. The van der Waals surface area contributed by atoms with E-state index in [4.69, 9.17) is 18.9 Å². The molecule has 8 unspecified atom stereocenters. The average molecular weight is 681 g/mol. The van der Waals surface area contributed by atoms with E-state index in [0.717, 1.165) is 44.5 Å². The molecule has 52 heavy (non-hydrogen) atoms. The van der Waals surface area contributed by atoms with Crippen molar-refractivity contribution in [3.63, 3.8) is 0 Å². The molecule has 4 aromatic rings. The van der Waals surface area contributed by atoms with Gasteiger partial charge in [0.15, 0.2) is 0 Å². The van der Waals surface area contributed by atoms with Gasteiger partial charge in [-0.1, -0.05) is 97.1 Å². The van der Waals surface area contributed by atoms with Gasteiger partial charge in [0.1, 0.15) is 44.1 Å². The molecule has 1 heterocycles. The number of esters is 4. The zero-order chi connectivity index (χ0) is 33.7. The highest BCUT2D eigenvalue weighted by Gasteiger charge is 3.17. The minimum Gasteiger partial charge on any atom is -0.456 e. The van der Waals surface area contributed by atoms with Crippen LogP contribution in [0.2, 0.25) is 0 Å². The Morgan fingerprint density at radius 1 is 0.288 bits per heavy atom. The molecule has 8 bridgehead atoms. The third kappa shape index (κ3) is 1.61. The van der Waals surface area contributed by atoms with Gasteiger partial charge in [0, 0.05) is 47.3 Å². The Morgan fingerprint density at radius 3 is 0.596 bits per heavy atom. The second-order valence-corrected chi connectivity index (χ2v) is 18.2. The van der Waals surface area contributed by atoms with Crippen LogP contribution in [-0.4, -0.2) is 46.3 Å². The molecule has 8 nitrogen and oxygen atoms in total. The smallest absolute Gasteiger partial charge is 0.318 e. The molecule has 17 aliphatic rings. The third-order valence-electron chi connectivity index (χ3n) is 17.9. The van der Waals surface area contributed by atoms with E-state index in [2.05, 4.69) is 0 Å². The van der Waals surface area contributed by atoms with Crippen LogP contribution in [0.1, 0.15) is 91.9 Å². The maximum Gasteiger partial charge on any atom is 0.318 e.